The van der Waals surface area contributed by atoms with Crippen molar-refractivity contribution in [3.8, 4) is 11.3 Å². The van der Waals surface area contributed by atoms with Crippen molar-refractivity contribution < 1.29 is 0 Å². The molecule has 6 heteroatoms. The zero-order valence-electron chi connectivity index (χ0n) is 15.2. The number of hydrogen-bond acceptors (Lipinski definition) is 4. The van der Waals surface area contributed by atoms with E-state index in [2.05, 4.69) is 22.0 Å². The molecule has 0 bridgehead atoms. The first-order valence-corrected chi connectivity index (χ1v) is 8.90. The fourth-order valence-corrected chi connectivity index (χ4v) is 3.34. The second-order valence-corrected chi connectivity index (χ2v) is 6.64. The van der Waals surface area contributed by atoms with Crippen molar-refractivity contribution in [1.82, 2.24) is 14.5 Å². The Hall–Kier alpha value is -3.15. The molecule has 0 fully saturated rings. The van der Waals surface area contributed by atoms with E-state index in [0.717, 1.165) is 29.6 Å². The highest BCUT2D eigenvalue weighted by molar-refractivity contribution is 6.32. The van der Waals surface area contributed by atoms with Crippen molar-refractivity contribution in [3.63, 3.8) is 0 Å². The monoisotopic (exact) mass is 354 g/mol. The number of benzene rings is 1. The molecule has 27 heavy (non-hydrogen) atoms. The lowest BCUT2D eigenvalue weighted by Crippen LogP contribution is -2.35. The third-order valence-electron chi connectivity index (χ3n) is 4.78. The molecule has 0 amide bonds. The molecule has 0 unspecified atom stereocenters. The molecule has 3 heterocycles. The van der Waals surface area contributed by atoms with Crippen molar-refractivity contribution in [1.29, 1.82) is 0 Å². The van der Waals surface area contributed by atoms with Crippen molar-refractivity contribution in [3.05, 3.63) is 76.9 Å². The molecule has 1 aliphatic rings. The molecule has 5 nitrogen and oxygen atoms in total. The molecule has 0 atom stereocenters. The molecule has 0 aliphatic carbocycles. The Labute approximate surface area is 159 Å². The van der Waals surface area contributed by atoms with Gasteiger partial charge in [0.2, 0.25) is 5.95 Å². The third-order valence-corrected chi connectivity index (χ3v) is 4.78. The highest BCUT2D eigenvalue weighted by Gasteiger charge is 2.19. The van der Waals surface area contributed by atoms with Crippen LogP contribution in [0.4, 0.5) is 5.95 Å². The molecular weight excluding hydrogens is 335 g/mol. The van der Waals surface area contributed by atoms with Gasteiger partial charge in [0.25, 0.3) is 5.56 Å². The van der Waals surface area contributed by atoms with Crippen molar-refractivity contribution >= 4 is 24.8 Å². The maximum atomic E-state index is 12.5. The quantitative estimate of drug-likeness (QED) is 0.675. The molecule has 132 valence electrons. The van der Waals surface area contributed by atoms with Gasteiger partial charge in [0.15, 0.2) is 0 Å². The van der Waals surface area contributed by atoms with E-state index >= 15 is 0 Å². The average molecular weight is 354 g/mol. The molecule has 2 aromatic heterocycles. The molecule has 2 radical (unpaired) electrons. The van der Waals surface area contributed by atoms with Gasteiger partial charge in [-0.05, 0) is 29.7 Å². The smallest absolute Gasteiger partial charge is 0.255 e. The second-order valence-electron chi connectivity index (χ2n) is 6.64. The summed E-state index contributed by atoms with van der Waals surface area (Å²) in [7, 11) is 7.70. The Morgan fingerprint density at radius 2 is 1.89 bits per heavy atom. The molecule has 0 spiro atoms. The van der Waals surface area contributed by atoms with Gasteiger partial charge in [0, 0.05) is 44.2 Å². The maximum Gasteiger partial charge on any atom is 0.255 e. The van der Waals surface area contributed by atoms with Gasteiger partial charge in [0.05, 0.1) is 5.69 Å². The number of anilines is 1. The van der Waals surface area contributed by atoms with Gasteiger partial charge < -0.3 is 4.90 Å². The van der Waals surface area contributed by atoms with Crippen LogP contribution in [0, 0.1) is 0 Å². The highest BCUT2D eigenvalue weighted by Crippen LogP contribution is 2.24. The SMILES string of the molecule is [B]c1cccc(C2=CCCN(c3nc(-c4ccncc4)cc(=O)n3C)C2)c1. The van der Waals surface area contributed by atoms with Crippen LogP contribution in [0.2, 0.25) is 0 Å². The molecule has 1 aliphatic heterocycles. The fourth-order valence-electron chi connectivity index (χ4n) is 3.34. The summed E-state index contributed by atoms with van der Waals surface area (Å²) in [4.78, 5) is 23.5. The van der Waals surface area contributed by atoms with Crippen LogP contribution < -0.4 is 15.9 Å². The number of rotatable bonds is 3. The Kier molecular flexibility index (Phi) is 4.63. The lowest BCUT2D eigenvalue weighted by Gasteiger charge is -2.30. The molecular formula is C21H19BN4O. The Morgan fingerprint density at radius 3 is 2.67 bits per heavy atom. The first-order chi connectivity index (χ1) is 13.1. The van der Waals surface area contributed by atoms with Crippen LogP contribution in [0.5, 0.6) is 0 Å². The predicted molar refractivity (Wildman–Crippen MR) is 109 cm³/mol. The van der Waals surface area contributed by atoms with Crippen molar-refractivity contribution in [2.75, 3.05) is 18.0 Å². The Balaban J connectivity index is 1.70. The molecule has 3 aromatic rings. The summed E-state index contributed by atoms with van der Waals surface area (Å²) in [5.41, 5.74) is 4.51. The number of hydrogen-bond donors (Lipinski definition) is 0. The van der Waals surface area contributed by atoms with Gasteiger partial charge in [-0.25, -0.2) is 4.98 Å². The van der Waals surface area contributed by atoms with E-state index in [4.69, 9.17) is 12.8 Å². The minimum Gasteiger partial charge on any atom is -0.338 e. The first-order valence-electron chi connectivity index (χ1n) is 8.90. The van der Waals surface area contributed by atoms with Crippen LogP contribution >= 0.6 is 0 Å². The summed E-state index contributed by atoms with van der Waals surface area (Å²) in [6.07, 6.45) is 6.53. The Bertz CT molecular complexity index is 1060. The van der Waals surface area contributed by atoms with E-state index in [-0.39, 0.29) is 5.56 Å². The van der Waals surface area contributed by atoms with E-state index in [9.17, 15) is 4.79 Å². The van der Waals surface area contributed by atoms with Crippen LogP contribution in [0.1, 0.15) is 12.0 Å². The standard InChI is InChI=1S/C21H19BN4O/c1-25-20(27)13-19(15-7-9-23-10-8-15)24-21(25)26-11-3-5-17(14-26)16-4-2-6-18(22)12-16/h2,4-10,12-13H,3,11,14H2,1H3. The van der Waals surface area contributed by atoms with Gasteiger partial charge in [-0.15, -0.1) is 0 Å². The van der Waals surface area contributed by atoms with Gasteiger partial charge >= 0.3 is 0 Å². The fraction of sp³-hybridized carbons (Fsp3) is 0.190. The summed E-state index contributed by atoms with van der Waals surface area (Å²) in [6.45, 7) is 1.50. The lowest BCUT2D eigenvalue weighted by molar-refractivity contribution is 0.727. The van der Waals surface area contributed by atoms with Gasteiger partial charge in [-0.1, -0.05) is 35.8 Å². The summed E-state index contributed by atoms with van der Waals surface area (Å²) in [6, 6.07) is 13.2. The summed E-state index contributed by atoms with van der Waals surface area (Å²) in [5, 5.41) is 0. The van der Waals surface area contributed by atoms with E-state index in [1.165, 1.54) is 5.57 Å². The highest BCUT2D eigenvalue weighted by atomic mass is 16.1. The largest absolute Gasteiger partial charge is 0.338 e. The second kappa shape index (κ2) is 7.23. The third kappa shape index (κ3) is 3.56. The number of nitrogens with zero attached hydrogens (tertiary/aromatic N) is 4. The van der Waals surface area contributed by atoms with Crippen LogP contribution in [-0.4, -0.2) is 35.5 Å². The molecule has 0 saturated carbocycles. The van der Waals surface area contributed by atoms with Crippen LogP contribution in [0.15, 0.2) is 65.7 Å². The number of aromatic nitrogens is 3. The van der Waals surface area contributed by atoms with E-state index in [1.807, 2.05) is 30.3 Å². The van der Waals surface area contributed by atoms with Gasteiger partial charge in [0.1, 0.15) is 7.85 Å². The minimum atomic E-state index is -0.0770. The summed E-state index contributed by atoms with van der Waals surface area (Å²) in [5.74, 6) is 0.670. The zero-order valence-corrected chi connectivity index (χ0v) is 15.2. The average Bonchev–Trinajstić information content (AvgIpc) is 2.71. The minimum absolute atomic E-state index is 0.0770. The molecule has 1 aromatic carbocycles. The van der Waals surface area contributed by atoms with Crippen molar-refractivity contribution in [2.45, 2.75) is 6.42 Å². The van der Waals surface area contributed by atoms with E-state index in [0.29, 0.717) is 18.2 Å². The summed E-state index contributed by atoms with van der Waals surface area (Å²) < 4.78 is 1.60. The predicted octanol–water partition coefficient (Wildman–Crippen LogP) is 1.93. The normalized spacial score (nSPS) is 14.1. The maximum absolute atomic E-state index is 12.5. The molecule has 4 rings (SSSR count). The topological polar surface area (TPSA) is 51.0 Å². The van der Waals surface area contributed by atoms with E-state index in [1.54, 1.807) is 30.1 Å². The van der Waals surface area contributed by atoms with E-state index < -0.39 is 0 Å². The summed E-state index contributed by atoms with van der Waals surface area (Å²) >= 11 is 0. The van der Waals surface area contributed by atoms with Crippen LogP contribution in [0.3, 0.4) is 0 Å². The first kappa shape index (κ1) is 17.3. The van der Waals surface area contributed by atoms with Gasteiger partial charge in [-0.2, -0.15) is 0 Å². The van der Waals surface area contributed by atoms with Crippen molar-refractivity contribution in [2.24, 2.45) is 7.05 Å². The zero-order chi connectivity index (χ0) is 18.8. The molecule has 0 saturated heterocycles. The van der Waals surface area contributed by atoms with Gasteiger partial charge in [-0.3, -0.25) is 14.3 Å². The van der Waals surface area contributed by atoms with Crippen LogP contribution in [-0.2, 0) is 7.05 Å². The molecule has 0 N–H and O–H groups in total. The van der Waals surface area contributed by atoms with Crippen LogP contribution in [0.25, 0.3) is 16.8 Å². The lowest BCUT2D eigenvalue weighted by atomic mass is 9.91. The number of pyridine rings is 1. The Morgan fingerprint density at radius 1 is 1.07 bits per heavy atom.